The predicted octanol–water partition coefficient (Wildman–Crippen LogP) is 4.04. The molecule has 0 saturated carbocycles. The number of hydrogen-bond acceptors (Lipinski definition) is 4. The molecular weight excluding hydrogens is 328 g/mol. The first-order valence-corrected chi connectivity index (χ1v) is 8.70. The second kappa shape index (κ2) is 9.47. The minimum Gasteiger partial charge on any atom is -0.490 e. The van der Waals surface area contributed by atoms with Crippen LogP contribution < -0.4 is 4.74 Å². The van der Waals surface area contributed by atoms with Crippen LogP contribution in [0.1, 0.15) is 30.3 Å². The lowest BCUT2D eigenvalue weighted by Gasteiger charge is -2.07. The second-order valence-electron chi connectivity index (χ2n) is 5.95. The van der Waals surface area contributed by atoms with Crippen LogP contribution in [0, 0.1) is 25.2 Å². The first-order chi connectivity index (χ1) is 12.6. The molecule has 26 heavy (non-hydrogen) atoms. The van der Waals surface area contributed by atoms with Crippen LogP contribution in [0.2, 0.25) is 0 Å². The van der Waals surface area contributed by atoms with Crippen LogP contribution in [0.5, 0.6) is 5.75 Å². The molecule has 1 aromatic heterocycles. The maximum absolute atomic E-state index is 12.1. The van der Waals surface area contributed by atoms with Gasteiger partial charge in [-0.05, 0) is 50.1 Å². The van der Waals surface area contributed by atoms with E-state index < -0.39 is 5.97 Å². The summed E-state index contributed by atoms with van der Waals surface area (Å²) in [6.45, 7) is 7.35. The van der Waals surface area contributed by atoms with Crippen molar-refractivity contribution in [2.24, 2.45) is 0 Å². The minimum absolute atomic E-state index is 0.0125. The number of carbonyl (C=O) groups excluding carboxylic acids is 1. The van der Waals surface area contributed by atoms with E-state index >= 15 is 0 Å². The number of esters is 1. The van der Waals surface area contributed by atoms with Crippen molar-refractivity contribution >= 4 is 12.0 Å². The topological polar surface area (TPSA) is 64.2 Å². The second-order valence-corrected chi connectivity index (χ2v) is 5.95. The van der Waals surface area contributed by atoms with Gasteiger partial charge in [-0.1, -0.05) is 25.1 Å². The molecule has 0 aliphatic heterocycles. The van der Waals surface area contributed by atoms with Crippen molar-refractivity contribution in [3.63, 3.8) is 0 Å². The molecule has 2 rings (SSSR count). The van der Waals surface area contributed by atoms with E-state index in [1.807, 2.05) is 56.3 Å². The summed E-state index contributed by atoms with van der Waals surface area (Å²) in [4.78, 5) is 12.1. The van der Waals surface area contributed by atoms with Gasteiger partial charge in [-0.25, -0.2) is 4.79 Å². The highest BCUT2D eigenvalue weighted by Crippen LogP contribution is 2.19. The van der Waals surface area contributed by atoms with E-state index in [0.717, 1.165) is 29.9 Å². The summed E-state index contributed by atoms with van der Waals surface area (Å²) in [5.74, 6) is 0.0763. The third-order valence-electron chi connectivity index (χ3n) is 4.03. The van der Waals surface area contributed by atoms with Crippen LogP contribution in [0.4, 0.5) is 0 Å². The van der Waals surface area contributed by atoms with Gasteiger partial charge in [0.2, 0.25) is 0 Å². The lowest BCUT2D eigenvalue weighted by molar-refractivity contribution is -0.139. The van der Waals surface area contributed by atoms with Crippen LogP contribution in [-0.2, 0) is 16.1 Å². The molecule has 0 N–H and O–H groups in total. The molecule has 0 aliphatic carbocycles. The summed E-state index contributed by atoms with van der Waals surface area (Å²) in [5.41, 5.74) is 3.00. The average Bonchev–Trinajstić information content (AvgIpc) is 2.91. The van der Waals surface area contributed by atoms with Crippen molar-refractivity contribution in [2.45, 2.75) is 33.7 Å². The van der Waals surface area contributed by atoms with Crippen molar-refractivity contribution in [3.8, 4) is 11.8 Å². The van der Waals surface area contributed by atoms with Gasteiger partial charge in [0.05, 0.1) is 0 Å². The molecule has 5 heteroatoms. The Morgan fingerprint density at radius 3 is 2.62 bits per heavy atom. The van der Waals surface area contributed by atoms with E-state index in [0.29, 0.717) is 5.75 Å². The summed E-state index contributed by atoms with van der Waals surface area (Å²) in [5, 5.41) is 9.31. The van der Waals surface area contributed by atoms with Gasteiger partial charge in [-0.3, -0.25) is 0 Å². The molecule has 1 heterocycles. The number of hydrogen-bond donors (Lipinski definition) is 0. The molecule has 0 radical (unpaired) electrons. The van der Waals surface area contributed by atoms with Gasteiger partial charge >= 0.3 is 5.97 Å². The molecule has 1 aromatic carbocycles. The normalized spacial score (nSPS) is 11.1. The van der Waals surface area contributed by atoms with Gasteiger partial charge in [-0.2, -0.15) is 5.26 Å². The molecule has 2 aromatic rings. The number of benzene rings is 1. The zero-order valence-electron chi connectivity index (χ0n) is 15.5. The van der Waals surface area contributed by atoms with E-state index in [-0.39, 0.29) is 18.8 Å². The Morgan fingerprint density at radius 1 is 1.23 bits per heavy atom. The molecule has 0 atom stereocenters. The first-order valence-electron chi connectivity index (χ1n) is 8.70. The smallest absolute Gasteiger partial charge is 0.349 e. The van der Waals surface area contributed by atoms with Crippen molar-refractivity contribution in [2.75, 3.05) is 13.2 Å². The molecule has 0 fully saturated rings. The predicted molar refractivity (Wildman–Crippen MR) is 101 cm³/mol. The van der Waals surface area contributed by atoms with Gasteiger partial charge < -0.3 is 14.0 Å². The molecular formula is C21H24N2O3. The Morgan fingerprint density at radius 2 is 1.96 bits per heavy atom. The third kappa shape index (κ3) is 5.00. The minimum atomic E-state index is -0.635. The highest BCUT2D eigenvalue weighted by Gasteiger charge is 2.14. The standard InChI is InChI=1S/C21H24N2O3/c1-4-10-23-16(2)13-18(17(23)3)14-19(15-22)21(24)26-12-11-25-20-8-6-5-7-9-20/h5-9,13-14H,4,10-12H2,1-3H3/b19-14+. The van der Waals surface area contributed by atoms with Crippen molar-refractivity contribution in [1.82, 2.24) is 4.57 Å². The van der Waals surface area contributed by atoms with Crippen molar-refractivity contribution in [3.05, 3.63) is 58.9 Å². The van der Waals surface area contributed by atoms with Crippen LogP contribution in [0.15, 0.2) is 42.0 Å². The summed E-state index contributed by atoms with van der Waals surface area (Å²) in [6.07, 6.45) is 2.61. The van der Waals surface area contributed by atoms with Crippen molar-refractivity contribution < 1.29 is 14.3 Å². The highest BCUT2D eigenvalue weighted by molar-refractivity contribution is 5.98. The average molecular weight is 352 g/mol. The Hall–Kier alpha value is -3.00. The quantitative estimate of drug-likeness (QED) is 0.311. The largest absolute Gasteiger partial charge is 0.490 e. The van der Waals surface area contributed by atoms with Crippen LogP contribution in [-0.4, -0.2) is 23.8 Å². The molecule has 0 spiro atoms. The lowest BCUT2D eigenvalue weighted by atomic mass is 10.1. The Kier molecular flexibility index (Phi) is 7.04. The fourth-order valence-electron chi connectivity index (χ4n) is 2.72. The molecule has 5 nitrogen and oxygen atoms in total. The Labute approximate surface area is 154 Å². The molecule has 136 valence electrons. The molecule has 0 saturated heterocycles. The summed E-state index contributed by atoms with van der Waals surface area (Å²) < 4.78 is 12.8. The van der Waals surface area contributed by atoms with Gasteiger partial charge in [0, 0.05) is 17.9 Å². The van der Waals surface area contributed by atoms with Crippen LogP contribution in [0.25, 0.3) is 6.08 Å². The van der Waals surface area contributed by atoms with Gasteiger partial charge in [0.1, 0.15) is 30.6 Å². The fourth-order valence-corrected chi connectivity index (χ4v) is 2.72. The molecule has 0 aliphatic rings. The summed E-state index contributed by atoms with van der Waals surface area (Å²) in [7, 11) is 0. The van der Waals surface area contributed by atoms with E-state index in [1.165, 1.54) is 0 Å². The summed E-state index contributed by atoms with van der Waals surface area (Å²) in [6, 6.07) is 13.2. The van der Waals surface area contributed by atoms with Gasteiger partial charge in [0.15, 0.2) is 0 Å². The van der Waals surface area contributed by atoms with Crippen LogP contribution in [0.3, 0.4) is 0 Å². The molecule has 0 bridgehead atoms. The Bertz CT molecular complexity index is 814. The zero-order valence-corrected chi connectivity index (χ0v) is 15.5. The van der Waals surface area contributed by atoms with Crippen LogP contribution >= 0.6 is 0 Å². The monoisotopic (exact) mass is 352 g/mol. The number of aromatic nitrogens is 1. The summed E-state index contributed by atoms with van der Waals surface area (Å²) >= 11 is 0. The van der Waals surface area contributed by atoms with E-state index in [1.54, 1.807) is 6.08 Å². The Balaban J connectivity index is 1.97. The molecule has 0 unspecified atom stereocenters. The number of nitriles is 1. The van der Waals surface area contributed by atoms with E-state index in [9.17, 15) is 10.1 Å². The maximum Gasteiger partial charge on any atom is 0.349 e. The number of aryl methyl sites for hydroxylation is 1. The number of carbonyl (C=O) groups is 1. The number of rotatable bonds is 8. The lowest BCUT2D eigenvalue weighted by Crippen LogP contribution is -2.13. The highest BCUT2D eigenvalue weighted by atomic mass is 16.6. The maximum atomic E-state index is 12.1. The first kappa shape index (κ1) is 19.3. The van der Waals surface area contributed by atoms with Gasteiger partial charge in [0.25, 0.3) is 0 Å². The van der Waals surface area contributed by atoms with E-state index in [4.69, 9.17) is 9.47 Å². The van der Waals surface area contributed by atoms with Gasteiger partial charge in [-0.15, -0.1) is 0 Å². The fraction of sp³-hybridized carbons (Fsp3) is 0.333. The molecule has 0 amide bonds. The van der Waals surface area contributed by atoms with E-state index in [2.05, 4.69) is 11.5 Å². The third-order valence-corrected chi connectivity index (χ3v) is 4.03. The zero-order chi connectivity index (χ0) is 18.9. The number of para-hydroxylation sites is 1. The number of nitrogens with zero attached hydrogens (tertiary/aromatic N) is 2. The number of ether oxygens (including phenoxy) is 2. The van der Waals surface area contributed by atoms with Crippen molar-refractivity contribution in [1.29, 1.82) is 5.26 Å². The SMILES string of the molecule is CCCn1c(C)cc(/C=C(\C#N)C(=O)OCCOc2ccccc2)c1C.